The van der Waals surface area contributed by atoms with Gasteiger partial charge >= 0.3 is 11.9 Å². The monoisotopic (exact) mass is 807 g/mol. The Morgan fingerprint density at radius 2 is 1.84 bits per heavy atom. The Labute approximate surface area is 329 Å². The first-order valence-corrected chi connectivity index (χ1v) is 19.1. The van der Waals surface area contributed by atoms with Crippen LogP contribution in [-0.4, -0.2) is 160 Å². The molecule has 12 atom stereocenters. The summed E-state index contributed by atoms with van der Waals surface area (Å²) in [5.41, 5.74) is -0.644. The largest absolute Gasteiger partial charge is 0.460 e. The predicted octanol–water partition coefficient (Wildman–Crippen LogP) is -1.84. The van der Waals surface area contributed by atoms with Gasteiger partial charge < -0.3 is 64.6 Å². The molecule has 7 N–H and O–H groups in total. The maximum absolute atomic E-state index is 14.3. The molecule has 1 aliphatic carbocycles. The fourth-order valence-electron chi connectivity index (χ4n) is 8.00. The maximum Gasteiger partial charge on any atom is 0.327 e. The molecule has 4 saturated heterocycles. The van der Waals surface area contributed by atoms with Crippen molar-refractivity contribution in [1.82, 2.24) is 15.7 Å². The van der Waals surface area contributed by atoms with E-state index in [1.165, 1.54) is 5.06 Å². The minimum Gasteiger partial charge on any atom is -0.460 e. The summed E-state index contributed by atoms with van der Waals surface area (Å²) in [5, 5.41) is 56.3. The lowest BCUT2D eigenvalue weighted by atomic mass is 9.62. The van der Waals surface area contributed by atoms with Gasteiger partial charge in [0.25, 0.3) is 0 Å². The van der Waals surface area contributed by atoms with E-state index < -0.39 is 115 Å². The van der Waals surface area contributed by atoms with Crippen LogP contribution in [0.2, 0.25) is 0 Å². The molecule has 5 fully saturated rings. The van der Waals surface area contributed by atoms with Crippen molar-refractivity contribution >= 4 is 29.8 Å². The minimum absolute atomic E-state index is 0.00298. The second kappa shape index (κ2) is 18.1. The highest BCUT2D eigenvalue weighted by molar-refractivity contribution is 5.94. The summed E-state index contributed by atoms with van der Waals surface area (Å²) in [4.78, 5) is 59.3. The smallest absolute Gasteiger partial charge is 0.327 e. The number of aliphatic hydroxyl groups is 5. The fourth-order valence-corrected chi connectivity index (χ4v) is 8.00. The van der Waals surface area contributed by atoms with Crippen LogP contribution in [0.15, 0.2) is 30.3 Å². The van der Waals surface area contributed by atoms with Gasteiger partial charge in [0, 0.05) is 25.8 Å². The number of carbonyl (C=O) groups is 4. The van der Waals surface area contributed by atoms with E-state index >= 15 is 0 Å². The van der Waals surface area contributed by atoms with Crippen molar-refractivity contribution in [2.45, 2.75) is 126 Å². The van der Waals surface area contributed by atoms with Crippen LogP contribution in [-0.2, 0) is 59.0 Å². The topological polar surface area (TPSA) is 261 Å². The fraction of sp³-hybridized carbons (Fsp3) is 0.684. The number of carbonyl (C=O) groups excluding carboxylic acids is 4. The second-order valence-corrected chi connectivity index (χ2v) is 15.9. The van der Waals surface area contributed by atoms with Crippen molar-refractivity contribution in [2.75, 3.05) is 33.2 Å². The predicted molar refractivity (Wildman–Crippen MR) is 193 cm³/mol. The van der Waals surface area contributed by atoms with Gasteiger partial charge in [0.15, 0.2) is 12.3 Å². The third kappa shape index (κ3) is 9.49. The molecule has 12 unspecified atom stereocenters. The molecule has 0 radical (unpaired) electrons. The van der Waals surface area contributed by atoms with Crippen molar-refractivity contribution in [3.63, 3.8) is 0 Å². The molecule has 1 aromatic carbocycles. The van der Waals surface area contributed by atoms with Gasteiger partial charge in [-0.15, -0.1) is 0 Å². The summed E-state index contributed by atoms with van der Waals surface area (Å²) in [6.45, 7) is 4.14. The Balaban J connectivity index is 1.08. The average molecular weight is 808 g/mol. The number of ether oxygens (including phenoxy) is 6. The van der Waals surface area contributed by atoms with Crippen molar-refractivity contribution in [1.29, 1.82) is 0 Å². The van der Waals surface area contributed by atoms with Gasteiger partial charge in [-0.1, -0.05) is 36.4 Å². The molecule has 5 aliphatic rings. The van der Waals surface area contributed by atoms with Crippen LogP contribution in [0.5, 0.6) is 0 Å². The Hall–Kier alpha value is -3.60. The molecule has 4 heterocycles. The van der Waals surface area contributed by atoms with E-state index in [2.05, 4.69) is 10.6 Å². The molecule has 316 valence electrons. The van der Waals surface area contributed by atoms with Crippen molar-refractivity contribution in [3.05, 3.63) is 41.5 Å². The molecule has 1 saturated carbocycles. The average Bonchev–Trinajstić information content (AvgIpc) is 3.79. The number of rotatable bonds is 16. The number of nitrogens with zero attached hydrogens (tertiary/aromatic N) is 1. The van der Waals surface area contributed by atoms with Crippen molar-refractivity contribution in [3.8, 4) is 0 Å². The van der Waals surface area contributed by atoms with Crippen LogP contribution in [0.1, 0.15) is 57.6 Å². The van der Waals surface area contributed by atoms with E-state index in [4.69, 9.17) is 33.3 Å². The van der Waals surface area contributed by atoms with Crippen LogP contribution in [0, 0.1) is 5.41 Å². The van der Waals surface area contributed by atoms with E-state index in [9.17, 15) is 44.7 Å². The van der Waals surface area contributed by atoms with E-state index in [0.717, 1.165) is 11.1 Å². The number of hydrogen-bond acceptors (Lipinski definition) is 17. The van der Waals surface area contributed by atoms with Crippen molar-refractivity contribution in [2.24, 2.45) is 5.41 Å². The van der Waals surface area contributed by atoms with Gasteiger partial charge in [-0.3, -0.25) is 24.0 Å². The number of nitrogens with one attached hydrogen (secondary N) is 2. The number of hydrogen-bond donors (Lipinski definition) is 7. The van der Waals surface area contributed by atoms with Crippen molar-refractivity contribution < 1.29 is 78.0 Å². The molecule has 6 rings (SSSR count). The van der Waals surface area contributed by atoms with E-state index in [1.54, 1.807) is 39.0 Å². The van der Waals surface area contributed by atoms with Crippen LogP contribution in [0.3, 0.4) is 0 Å². The Kier molecular flexibility index (Phi) is 13.7. The highest BCUT2D eigenvalue weighted by Crippen LogP contribution is 2.55. The van der Waals surface area contributed by atoms with Gasteiger partial charge in [-0.25, -0.2) is 0 Å². The lowest BCUT2D eigenvalue weighted by molar-refractivity contribution is -0.298. The minimum atomic E-state index is -1.56. The third-order valence-electron chi connectivity index (χ3n) is 10.6. The van der Waals surface area contributed by atoms with E-state index in [0.29, 0.717) is 0 Å². The lowest BCUT2D eigenvalue weighted by Gasteiger charge is -2.48. The highest BCUT2D eigenvalue weighted by atomic mass is 16.8. The van der Waals surface area contributed by atoms with E-state index in [1.807, 2.05) is 18.2 Å². The number of fused-ring (bicyclic) bond motifs is 4. The maximum atomic E-state index is 14.3. The lowest BCUT2D eigenvalue weighted by Crippen LogP contribution is -2.69. The van der Waals surface area contributed by atoms with Gasteiger partial charge in [0.1, 0.15) is 66.6 Å². The zero-order valence-electron chi connectivity index (χ0n) is 32.1. The summed E-state index contributed by atoms with van der Waals surface area (Å²) in [7, 11) is 0. The zero-order valence-corrected chi connectivity index (χ0v) is 32.1. The standard InChI is InChI=1S/C38H53N3O16/c1-37(2,3)56-26(45)10-9-22(17-42)40-25(44)11-12-39-36(50)38-15-23-30-31(53-19-52-30)33(38)57-41(32(38)34(49)54-23)16-21-7-4-6-20(14-21)8-5-13-51-35-29(48)28(47)27(46)24(18-43)55-35/h4-8,14,22-24,27-33,35,42-43,46-48H,9-13,15-19H2,1-3H3,(H,39,50)(H,40,44). The Morgan fingerprint density at radius 3 is 2.58 bits per heavy atom. The first-order chi connectivity index (χ1) is 27.1. The second-order valence-electron chi connectivity index (χ2n) is 15.9. The highest BCUT2D eigenvalue weighted by Gasteiger charge is 2.74. The van der Waals surface area contributed by atoms with Crippen LogP contribution in [0.25, 0.3) is 6.08 Å². The molecule has 4 aliphatic heterocycles. The molecule has 19 heteroatoms. The Bertz CT molecular complexity index is 1640. The summed E-state index contributed by atoms with van der Waals surface area (Å²) >= 11 is 0. The van der Waals surface area contributed by atoms with Crippen LogP contribution >= 0.6 is 0 Å². The van der Waals surface area contributed by atoms with Gasteiger partial charge in [0.05, 0.1) is 32.4 Å². The molecule has 2 bridgehead atoms. The van der Waals surface area contributed by atoms with Crippen LogP contribution < -0.4 is 10.6 Å². The quantitative estimate of drug-likeness (QED) is 0.0906. The molecule has 57 heavy (non-hydrogen) atoms. The number of hydroxylamine groups is 2. The molecule has 0 aromatic heterocycles. The van der Waals surface area contributed by atoms with Gasteiger partial charge in [-0.2, -0.15) is 5.06 Å². The number of esters is 2. The zero-order chi connectivity index (χ0) is 41.1. The van der Waals surface area contributed by atoms with Gasteiger partial charge in [0.2, 0.25) is 11.8 Å². The Morgan fingerprint density at radius 1 is 1.07 bits per heavy atom. The van der Waals surface area contributed by atoms with E-state index in [-0.39, 0.29) is 52.2 Å². The third-order valence-corrected chi connectivity index (χ3v) is 10.6. The molecular weight excluding hydrogens is 754 g/mol. The van der Waals surface area contributed by atoms with Gasteiger partial charge in [-0.05, 0) is 38.3 Å². The molecule has 19 nitrogen and oxygen atoms in total. The number of aliphatic hydroxyl groups excluding tert-OH is 5. The summed E-state index contributed by atoms with van der Waals surface area (Å²) in [6, 6.07) is 5.42. The summed E-state index contributed by atoms with van der Waals surface area (Å²) in [5.74, 6) is -2.08. The molecule has 2 amide bonds. The summed E-state index contributed by atoms with van der Waals surface area (Å²) in [6.07, 6.45) is -6.49. The van der Waals surface area contributed by atoms with Crippen LogP contribution in [0.4, 0.5) is 0 Å². The number of amides is 2. The first kappa shape index (κ1) is 43.0. The number of benzene rings is 1. The normalized spacial score (nSPS) is 34.1. The molecular formula is C38H53N3O16. The molecule has 0 spiro atoms. The summed E-state index contributed by atoms with van der Waals surface area (Å²) < 4.78 is 33.7. The SMILES string of the molecule is CC(C)(C)OC(=O)CCC(CO)NC(=O)CCNC(=O)C12CC3OC(=O)C1N(Cc1cccc(C=CCOC4OC(CO)C(O)C(O)C4O)c1)OC2C1OCOC31. The molecule has 1 aromatic rings. The first-order valence-electron chi connectivity index (χ1n) is 19.1.